The van der Waals surface area contributed by atoms with Crippen molar-refractivity contribution in [3.8, 4) is 0 Å². The van der Waals surface area contributed by atoms with Gasteiger partial charge in [-0.25, -0.2) is 0 Å². The van der Waals surface area contributed by atoms with E-state index in [1.807, 2.05) is 0 Å². The van der Waals surface area contributed by atoms with Gasteiger partial charge in [0.1, 0.15) is 0 Å². The van der Waals surface area contributed by atoms with Gasteiger partial charge in [0, 0.05) is 11.5 Å². The van der Waals surface area contributed by atoms with Crippen molar-refractivity contribution in [3.05, 3.63) is 22.6 Å². The number of hydrogen-bond acceptors (Lipinski definition) is 1. The first-order valence-electron chi connectivity index (χ1n) is 8.94. The lowest BCUT2D eigenvalue weighted by atomic mass is 9.42. The van der Waals surface area contributed by atoms with E-state index in [9.17, 15) is 0 Å². The zero-order chi connectivity index (χ0) is 14.4. The number of allylic oxidation sites excluding steroid dienone is 1. The van der Waals surface area contributed by atoms with Crippen molar-refractivity contribution in [3.63, 3.8) is 0 Å². The molecule has 0 aromatic carbocycles. The molecule has 0 aliphatic heterocycles. The van der Waals surface area contributed by atoms with Crippen LogP contribution in [0.3, 0.4) is 0 Å². The minimum Gasteiger partial charge on any atom is -0.0995 e. The predicted octanol–water partition coefficient (Wildman–Crippen LogP) is 5.49. The third-order valence-corrected chi connectivity index (χ3v) is 7.44. The molecule has 0 amide bonds. The summed E-state index contributed by atoms with van der Waals surface area (Å²) < 4.78 is 0. The van der Waals surface area contributed by atoms with Crippen LogP contribution >= 0.6 is 0 Å². The normalized spacial score (nSPS) is 48.2. The predicted molar refractivity (Wildman–Crippen MR) is 84.6 cm³/mol. The Morgan fingerprint density at radius 2 is 1.95 bits per heavy atom. The van der Waals surface area contributed by atoms with Crippen molar-refractivity contribution in [1.82, 2.24) is 0 Å². The van der Waals surface area contributed by atoms with Crippen molar-refractivity contribution in [1.29, 1.82) is 0 Å². The topological polar surface area (TPSA) is 48.8 Å². The van der Waals surface area contributed by atoms with Crippen LogP contribution in [0.2, 0.25) is 0 Å². The van der Waals surface area contributed by atoms with E-state index in [1.54, 1.807) is 0 Å². The molecule has 0 saturated heterocycles. The summed E-state index contributed by atoms with van der Waals surface area (Å²) in [5, 5.41) is 4.07. The molecule has 114 valence electrons. The Morgan fingerprint density at radius 1 is 1.14 bits per heavy atom. The smallest absolute Gasteiger partial charge is 0.0320 e. The highest BCUT2D eigenvalue weighted by Crippen LogP contribution is 2.65. The molecule has 0 heterocycles. The summed E-state index contributed by atoms with van der Waals surface area (Å²) in [5.74, 6) is 4.32. The molecule has 4 aliphatic rings. The van der Waals surface area contributed by atoms with Gasteiger partial charge in [0.2, 0.25) is 0 Å². The zero-order valence-corrected chi connectivity index (χ0v) is 13.0. The van der Waals surface area contributed by atoms with E-state index < -0.39 is 0 Å². The Labute approximate surface area is 127 Å². The number of rotatable bonds is 2. The van der Waals surface area contributed by atoms with E-state index in [0.717, 1.165) is 42.6 Å². The average molecular weight is 285 g/mol. The van der Waals surface area contributed by atoms with Crippen LogP contribution in [0.25, 0.3) is 10.4 Å². The third-order valence-electron chi connectivity index (χ3n) is 7.44. The van der Waals surface area contributed by atoms with Crippen molar-refractivity contribution in [2.24, 2.45) is 40.1 Å². The number of hydrogen-bond donors (Lipinski definition) is 0. The maximum atomic E-state index is 8.85. The van der Waals surface area contributed by atoms with Crippen LogP contribution in [0, 0.1) is 35.0 Å². The van der Waals surface area contributed by atoms with Gasteiger partial charge in [0.15, 0.2) is 0 Å². The highest BCUT2D eigenvalue weighted by atomic mass is 15.1. The van der Waals surface area contributed by atoms with E-state index in [1.165, 1.54) is 56.9 Å². The summed E-state index contributed by atoms with van der Waals surface area (Å²) in [6, 6.07) is 0. The summed E-state index contributed by atoms with van der Waals surface area (Å²) >= 11 is 0. The largest absolute Gasteiger partial charge is 0.0995 e. The molecule has 0 N–H and O–H groups in total. The SMILES string of the molecule is C=C1CC2(CN=[N+]=[N-])CCCC3CCC4CCCC1C4C32. The second-order valence-electron chi connectivity index (χ2n) is 8.22. The molecule has 6 atom stereocenters. The van der Waals surface area contributed by atoms with Crippen LogP contribution in [0.4, 0.5) is 0 Å². The minimum absolute atomic E-state index is 0.267. The van der Waals surface area contributed by atoms with E-state index in [2.05, 4.69) is 16.6 Å². The van der Waals surface area contributed by atoms with Crippen LogP contribution in [0.5, 0.6) is 0 Å². The van der Waals surface area contributed by atoms with Crippen LogP contribution in [0.1, 0.15) is 57.8 Å². The minimum atomic E-state index is 0.267. The van der Waals surface area contributed by atoms with Crippen molar-refractivity contribution in [2.45, 2.75) is 57.8 Å². The molecule has 4 aliphatic carbocycles. The Hall–Kier alpha value is -0.950. The molecular weight excluding hydrogens is 258 g/mol. The zero-order valence-electron chi connectivity index (χ0n) is 13.0. The van der Waals surface area contributed by atoms with E-state index in [4.69, 9.17) is 5.53 Å². The highest BCUT2D eigenvalue weighted by molar-refractivity contribution is 5.20. The molecule has 3 nitrogen and oxygen atoms in total. The lowest BCUT2D eigenvalue weighted by Gasteiger charge is -2.63. The van der Waals surface area contributed by atoms with Gasteiger partial charge >= 0.3 is 0 Å². The van der Waals surface area contributed by atoms with Gasteiger partial charge in [-0.2, -0.15) is 0 Å². The van der Waals surface area contributed by atoms with Gasteiger partial charge in [-0.3, -0.25) is 0 Å². The Bertz CT molecular complexity index is 493. The number of nitrogens with zero attached hydrogens (tertiary/aromatic N) is 3. The molecule has 0 radical (unpaired) electrons. The monoisotopic (exact) mass is 285 g/mol. The molecule has 3 heteroatoms. The van der Waals surface area contributed by atoms with Crippen molar-refractivity contribution >= 4 is 0 Å². The second kappa shape index (κ2) is 5.05. The first kappa shape index (κ1) is 13.7. The first-order chi connectivity index (χ1) is 10.2. The van der Waals surface area contributed by atoms with Gasteiger partial charge in [-0.1, -0.05) is 42.9 Å². The van der Waals surface area contributed by atoms with Crippen LogP contribution in [-0.2, 0) is 0 Å². The standard InChI is InChI=1S/C18H27N3/c1-12-10-18(11-20-21-19)9-3-5-14-8-7-13-4-2-6-15(12)16(13)17(14)18/h13-17H,1-11H2. The molecule has 4 fully saturated rings. The third kappa shape index (κ3) is 1.97. The molecular formula is C18H27N3. The second-order valence-corrected chi connectivity index (χ2v) is 8.22. The van der Waals surface area contributed by atoms with Gasteiger partial charge < -0.3 is 0 Å². The molecule has 0 spiro atoms. The molecule has 21 heavy (non-hydrogen) atoms. The summed E-state index contributed by atoms with van der Waals surface area (Å²) in [7, 11) is 0. The van der Waals surface area contributed by atoms with Crippen LogP contribution in [-0.4, -0.2) is 6.54 Å². The lowest BCUT2D eigenvalue weighted by molar-refractivity contribution is -0.103. The quantitative estimate of drug-likeness (QED) is 0.279. The molecule has 0 aromatic rings. The molecule has 4 rings (SSSR count). The summed E-state index contributed by atoms with van der Waals surface area (Å²) in [4.78, 5) is 3.10. The Morgan fingerprint density at radius 3 is 2.81 bits per heavy atom. The Balaban J connectivity index is 1.76. The fraction of sp³-hybridized carbons (Fsp3) is 0.889. The maximum absolute atomic E-state index is 8.85. The number of azide groups is 1. The molecule has 0 aromatic heterocycles. The average Bonchev–Trinajstić information content (AvgIpc) is 2.52. The summed E-state index contributed by atoms with van der Waals surface area (Å²) in [5.41, 5.74) is 10.6. The maximum Gasteiger partial charge on any atom is 0.0320 e. The highest BCUT2D eigenvalue weighted by Gasteiger charge is 2.58. The van der Waals surface area contributed by atoms with Crippen LogP contribution in [0.15, 0.2) is 17.3 Å². The first-order valence-corrected chi connectivity index (χ1v) is 8.94. The Kier molecular flexibility index (Phi) is 3.29. The van der Waals surface area contributed by atoms with Gasteiger partial charge in [0.25, 0.3) is 0 Å². The molecule has 6 unspecified atom stereocenters. The van der Waals surface area contributed by atoms with Gasteiger partial charge in [-0.05, 0) is 72.6 Å². The van der Waals surface area contributed by atoms with E-state index in [-0.39, 0.29) is 5.41 Å². The molecule has 0 bridgehead atoms. The lowest BCUT2D eigenvalue weighted by Crippen LogP contribution is -2.56. The van der Waals surface area contributed by atoms with E-state index in [0.29, 0.717) is 0 Å². The molecule has 4 saturated carbocycles. The summed E-state index contributed by atoms with van der Waals surface area (Å²) in [6.45, 7) is 5.21. The van der Waals surface area contributed by atoms with Crippen molar-refractivity contribution < 1.29 is 0 Å². The fourth-order valence-electron chi connectivity index (χ4n) is 6.91. The van der Waals surface area contributed by atoms with Crippen molar-refractivity contribution in [2.75, 3.05) is 6.54 Å². The van der Waals surface area contributed by atoms with Gasteiger partial charge in [-0.15, -0.1) is 0 Å². The van der Waals surface area contributed by atoms with Gasteiger partial charge in [0.05, 0.1) is 0 Å². The van der Waals surface area contributed by atoms with Crippen LogP contribution < -0.4 is 0 Å². The fourth-order valence-corrected chi connectivity index (χ4v) is 6.91. The van der Waals surface area contributed by atoms with E-state index >= 15 is 0 Å². The summed E-state index contributed by atoms with van der Waals surface area (Å²) in [6.07, 6.45) is 12.3.